The number of hydrogen-bond acceptors (Lipinski definition) is 4. The van der Waals surface area contributed by atoms with Gasteiger partial charge in [0.05, 0.1) is 6.04 Å². The first-order chi connectivity index (χ1) is 10.1. The topological polar surface area (TPSA) is 73.8 Å². The molecule has 2 aromatic heterocycles. The van der Waals surface area contributed by atoms with Gasteiger partial charge in [0.2, 0.25) is 0 Å². The minimum Gasteiger partial charge on any atom is -0.321 e. The van der Waals surface area contributed by atoms with E-state index < -0.39 is 0 Å². The molecule has 0 amide bonds. The van der Waals surface area contributed by atoms with Gasteiger partial charge in [0, 0.05) is 20.1 Å². The summed E-state index contributed by atoms with van der Waals surface area (Å²) in [7, 11) is 1.68. The lowest BCUT2D eigenvalue weighted by Crippen LogP contribution is -2.39. The highest BCUT2D eigenvalue weighted by atomic mass is 16.2. The number of rotatable bonds is 3. The van der Waals surface area contributed by atoms with Crippen molar-refractivity contribution >= 4 is 11.2 Å². The third-order valence-corrected chi connectivity index (χ3v) is 4.27. The molecule has 0 saturated carbocycles. The van der Waals surface area contributed by atoms with Gasteiger partial charge >= 0.3 is 5.69 Å². The highest BCUT2D eigenvalue weighted by Crippen LogP contribution is 2.24. The van der Waals surface area contributed by atoms with Gasteiger partial charge in [-0.1, -0.05) is 0 Å². The summed E-state index contributed by atoms with van der Waals surface area (Å²) >= 11 is 0. The molecule has 1 N–H and O–H groups in total. The second-order valence-corrected chi connectivity index (χ2v) is 5.43. The number of fused-ring (bicyclic) bond motifs is 1. The summed E-state index contributed by atoms with van der Waals surface area (Å²) < 4.78 is 4.69. The molecule has 21 heavy (non-hydrogen) atoms. The lowest BCUT2D eigenvalue weighted by Gasteiger charge is -2.12. The molecule has 1 unspecified atom stereocenters. The standard InChI is InChI=1S/C14H21N5O2/c1-4-18-10-12(16-11(18)9-7-6-8-15-9)17(3)14(21)19(5-2)13(10)20/h9,15H,4-8H2,1-3H3. The Morgan fingerprint density at radius 1 is 1.24 bits per heavy atom. The van der Waals surface area contributed by atoms with Crippen LogP contribution in [0.5, 0.6) is 0 Å². The Labute approximate surface area is 122 Å². The molecule has 1 fully saturated rings. The SMILES string of the molecule is CCn1c(=O)c2c(nc(C3CCCN3)n2CC)n(C)c1=O. The quantitative estimate of drug-likeness (QED) is 0.886. The molecule has 1 aliphatic rings. The highest BCUT2D eigenvalue weighted by Gasteiger charge is 2.25. The normalized spacial score (nSPS) is 18.7. The summed E-state index contributed by atoms with van der Waals surface area (Å²) in [4.78, 5) is 29.4. The van der Waals surface area contributed by atoms with Crippen LogP contribution in [0.3, 0.4) is 0 Å². The van der Waals surface area contributed by atoms with Crippen LogP contribution in [0.4, 0.5) is 0 Å². The smallest absolute Gasteiger partial charge is 0.321 e. The molecule has 0 bridgehead atoms. The second-order valence-electron chi connectivity index (χ2n) is 5.43. The molecule has 1 atom stereocenters. The van der Waals surface area contributed by atoms with Crippen molar-refractivity contribution in [2.24, 2.45) is 7.05 Å². The average Bonchev–Trinajstić information content (AvgIpc) is 3.12. The van der Waals surface area contributed by atoms with Gasteiger partial charge < -0.3 is 9.88 Å². The maximum atomic E-state index is 12.6. The summed E-state index contributed by atoms with van der Waals surface area (Å²) in [5.74, 6) is 0.867. The Kier molecular flexibility index (Phi) is 3.44. The van der Waals surface area contributed by atoms with Gasteiger partial charge in [-0.2, -0.15) is 0 Å². The van der Waals surface area contributed by atoms with Gasteiger partial charge in [-0.15, -0.1) is 0 Å². The first-order valence-electron chi connectivity index (χ1n) is 7.53. The van der Waals surface area contributed by atoms with E-state index in [0.717, 1.165) is 25.2 Å². The van der Waals surface area contributed by atoms with Crippen LogP contribution in [0.2, 0.25) is 0 Å². The van der Waals surface area contributed by atoms with Crippen LogP contribution < -0.4 is 16.6 Å². The minimum atomic E-state index is -0.304. The van der Waals surface area contributed by atoms with Crippen molar-refractivity contribution in [3.05, 3.63) is 26.7 Å². The van der Waals surface area contributed by atoms with Crippen LogP contribution in [-0.2, 0) is 20.1 Å². The van der Waals surface area contributed by atoms with E-state index in [1.807, 2.05) is 11.5 Å². The highest BCUT2D eigenvalue weighted by molar-refractivity contribution is 5.71. The molecule has 3 rings (SSSR count). The first-order valence-corrected chi connectivity index (χ1v) is 7.53. The predicted octanol–water partition coefficient (Wildman–Crippen LogP) is 0.361. The Bertz CT molecular complexity index is 792. The van der Waals surface area contributed by atoms with Gasteiger partial charge in [0.15, 0.2) is 11.2 Å². The molecule has 1 saturated heterocycles. The molecular weight excluding hydrogens is 270 g/mol. The van der Waals surface area contributed by atoms with Crippen molar-refractivity contribution < 1.29 is 0 Å². The Hall–Kier alpha value is -1.89. The van der Waals surface area contributed by atoms with Crippen molar-refractivity contribution in [3.8, 4) is 0 Å². The molecule has 2 aromatic rings. The lowest BCUT2D eigenvalue weighted by atomic mass is 10.2. The average molecular weight is 291 g/mol. The molecule has 0 aromatic carbocycles. The summed E-state index contributed by atoms with van der Waals surface area (Å²) in [6.45, 7) is 5.81. The monoisotopic (exact) mass is 291 g/mol. The predicted molar refractivity (Wildman–Crippen MR) is 80.6 cm³/mol. The fraction of sp³-hybridized carbons (Fsp3) is 0.643. The maximum absolute atomic E-state index is 12.6. The van der Waals surface area contributed by atoms with Crippen molar-refractivity contribution in [3.63, 3.8) is 0 Å². The van der Waals surface area contributed by atoms with Crippen LogP contribution in [0, 0.1) is 0 Å². The fourth-order valence-corrected chi connectivity index (χ4v) is 3.16. The van der Waals surface area contributed by atoms with Gasteiger partial charge in [0.1, 0.15) is 5.82 Å². The maximum Gasteiger partial charge on any atom is 0.332 e. The largest absolute Gasteiger partial charge is 0.332 e. The summed E-state index contributed by atoms with van der Waals surface area (Å²) in [5.41, 5.74) is 0.473. The number of imidazole rings is 1. The van der Waals surface area contributed by atoms with Crippen LogP contribution in [0.15, 0.2) is 9.59 Å². The number of aromatic nitrogens is 4. The lowest BCUT2D eigenvalue weighted by molar-refractivity contribution is 0.563. The van der Waals surface area contributed by atoms with E-state index in [2.05, 4.69) is 10.3 Å². The molecular formula is C14H21N5O2. The van der Waals surface area contributed by atoms with E-state index >= 15 is 0 Å². The number of hydrogen-bond donors (Lipinski definition) is 1. The second kappa shape index (κ2) is 5.14. The first kappa shape index (κ1) is 14.1. The Morgan fingerprint density at radius 2 is 1.95 bits per heavy atom. The van der Waals surface area contributed by atoms with Crippen LogP contribution in [0.1, 0.15) is 38.6 Å². The third kappa shape index (κ3) is 1.95. The molecule has 7 nitrogen and oxygen atoms in total. The zero-order valence-corrected chi connectivity index (χ0v) is 12.7. The number of nitrogens with one attached hydrogen (secondary N) is 1. The van der Waals surface area contributed by atoms with E-state index in [4.69, 9.17) is 0 Å². The van der Waals surface area contributed by atoms with Crippen LogP contribution in [-0.4, -0.2) is 25.2 Å². The van der Waals surface area contributed by atoms with E-state index in [0.29, 0.717) is 24.3 Å². The van der Waals surface area contributed by atoms with Crippen molar-refractivity contribution in [2.45, 2.75) is 45.8 Å². The van der Waals surface area contributed by atoms with Gasteiger partial charge in [-0.05, 0) is 33.2 Å². The Morgan fingerprint density at radius 3 is 2.52 bits per heavy atom. The van der Waals surface area contributed by atoms with Crippen LogP contribution >= 0.6 is 0 Å². The van der Waals surface area contributed by atoms with E-state index in [1.165, 1.54) is 9.13 Å². The van der Waals surface area contributed by atoms with Gasteiger partial charge in [-0.25, -0.2) is 9.78 Å². The molecule has 0 spiro atoms. The molecule has 1 aliphatic heterocycles. The zero-order chi connectivity index (χ0) is 15.1. The molecule has 7 heteroatoms. The zero-order valence-electron chi connectivity index (χ0n) is 12.7. The van der Waals surface area contributed by atoms with Gasteiger partial charge in [-0.3, -0.25) is 13.9 Å². The summed E-state index contributed by atoms with van der Waals surface area (Å²) in [6.07, 6.45) is 2.12. The molecule has 114 valence electrons. The molecule has 0 aliphatic carbocycles. The van der Waals surface area contributed by atoms with Crippen molar-refractivity contribution in [1.82, 2.24) is 24.0 Å². The third-order valence-electron chi connectivity index (χ3n) is 4.27. The van der Waals surface area contributed by atoms with E-state index in [9.17, 15) is 9.59 Å². The van der Waals surface area contributed by atoms with Crippen LogP contribution in [0.25, 0.3) is 11.2 Å². The number of aryl methyl sites for hydroxylation is 2. The number of nitrogens with zero attached hydrogens (tertiary/aromatic N) is 4. The fourth-order valence-electron chi connectivity index (χ4n) is 3.16. The van der Waals surface area contributed by atoms with Crippen molar-refractivity contribution in [1.29, 1.82) is 0 Å². The van der Waals surface area contributed by atoms with Crippen molar-refractivity contribution in [2.75, 3.05) is 6.54 Å². The van der Waals surface area contributed by atoms with Gasteiger partial charge in [0.25, 0.3) is 5.56 Å². The summed E-state index contributed by atoms with van der Waals surface area (Å²) in [5, 5.41) is 3.41. The Balaban J connectivity index is 2.39. The molecule has 0 radical (unpaired) electrons. The molecule has 3 heterocycles. The summed E-state index contributed by atoms with van der Waals surface area (Å²) in [6, 6.07) is 0.168. The minimum absolute atomic E-state index is 0.168. The van der Waals surface area contributed by atoms with E-state index in [1.54, 1.807) is 14.0 Å². The van der Waals surface area contributed by atoms with E-state index in [-0.39, 0.29) is 17.3 Å².